The van der Waals surface area contributed by atoms with E-state index in [2.05, 4.69) is 15.3 Å². The molecule has 0 bridgehead atoms. The van der Waals surface area contributed by atoms with Gasteiger partial charge in [-0.25, -0.2) is 4.79 Å². The van der Waals surface area contributed by atoms with Crippen LogP contribution in [0, 0.1) is 6.92 Å². The fourth-order valence-corrected chi connectivity index (χ4v) is 0.917. The van der Waals surface area contributed by atoms with E-state index in [-0.39, 0.29) is 5.69 Å². The summed E-state index contributed by atoms with van der Waals surface area (Å²) in [4.78, 5) is 17.1. The fourth-order valence-electron chi connectivity index (χ4n) is 0.917. The Bertz CT molecular complexity index is 292. The van der Waals surface area contributed by atoms with Gasteiger partial charge < -0.3 is 10.3 Å². The SMILES string of the molecule is CNCc1cc(C)[nH]c(=O)n1. The monoisotopic (exact) mass is 153 g/mol. The number of rotatable bonds is 2. The molecule has 60 valence electrons. The number of hydrogen-bond acceptors (Lipinski definition) is 3. The summed E-state index contributed by atoms with van der Waals surface area (Å²) in [6.45, 7) is 2.47. The molecule has 2 N–H and O–H groups in total. The Balaban J connectivity index is 2.99. The minimum absolute atomic E-state index is 0.282. The summed E-state index contributed by atoms with van der Waals surface area (Å²) in [6.07, 6.45) is 0. The van der Waals surface area contributed by atoms with Crippen molar-refractivity contribution in [1.82, 2.24) is 15.3 Å². The lowest BCUT2D eigenvalue weighted by Crippen LogP contribution is -2.17. The van der Waals surface area contributed by atoms with Gasteiger partial charge in [-0.2, -0.15) is 4.98 Å². The van der Waals surface area contributed by atoms with E-state index in [1.54, 1.807) is 0 Å². The van der Waals surface area contributed by atoms with Gasteiger partial charge in [-0.15, -0.1) is 0 Å². The van der Waals surface area contributed by atoms with E-state index in [1.807, 2.05) is 20.0 Å². The molecule has 0 aliphatic carbocycles. The molecule has 0 aliphatic heterocycles. The van der Waals surface area contributed by atoms with Crippen LogP contribution in [0.1, 0.15) is 11.4 Å². The summed E-state index contributed by atoms with van der Waals surface area (Å²) < 4.78 is 0. The topological polar surface area (TPSA) is 57.8 Å². The molecule has 4 heteroatoms. The van der Waals surface area contributed by atoms with E-state index in [0.717, 1.165) is 11.4 Å². The molecule has 0 saturated carbocycles. The Morgan fingerprint density at radius 1 is 1.73 bits per heavy atom. The summed E-state index contributed by atoms with van der Waals surface area (Å²) in [7, 11) is 1.82. The second-order valence-corrected chi connectivity index (χ2v) is 2.39. The molecule has 4 nitrogen and oxygen atoms in total. The van der Waals surface area contributed by atoms with Crippen LogP contribution in [-0.2, 0) is 6.54 Å². The summed E-state index contributed by atoms with van der Waals surface area (Å²) in [6, 6.07) is 1.85. The maximum absolute atomic E-state index is 10.8. The molecule has 1 rings (SSSR count). The van der Waals surface area contributed by atoms with Gasteiger partial charge >= 0.3 is 5.69 Å². The molecule has 11 heavy (non-hydrogen) atoms. The Hall–Kier alpha value is -1.16. The smallest absolute Gasteiger partial charge is 0.314 e. The first kappa shape index (κ1) is 7.94. The molecule has 0 amide bonds. The molecule has 1 heterocycles. The Labute approximate surface area is 64.7 Å². The van der Waals surface area contributed by atoms with Gasteiger partial charge in [0.2, 0.25) is 0 Å². The van der Waals surface area contributed by atoms with Crippen LogP contribution >= 0.6 is 0 Å². The highest BCUT2D eigenvalue weighted by molar-refractivity contribution is 5.05. The van der Waals surface area contributed by atoms with Crippen molar-refractivity contribution in [1.29, 1.82) is 0 Å². The third-order valence-corrected chi connectivity index (χ3v) is 1.29. The summed E-state index contributed by atoms with van der Waals surface area (Å²) in [5.41, 5.74) is 1.33. The number of nitrogens with one attached hydrogen (secondary N) is 2. The first-order valence-corrected chi connectivity index (χ1v) is 3.44. The maximum atomic E-state index is 10.8. The highest BCUT2D eigenvalue weighted by atomic mass is 16.1. The van der Waals surface area contributed by atoms with E-state index in [9.17, 15) is 4.79 Å². The zero-order valence-electron chi connectivity index (χ0n) is 6.64. The number of H-pyrrole nitrogens is 1. The van der Waals surface area contributed by atoms with Crippen molar-refractivity contribution in [3.8, 4) is 0 Å². The van der Waals surface area contributed by atoms with Gasteiger partial charge in [-0.05, 0) is 20.0 Å². The fraction of sp³-hybridized carbons (Fsp3) is 0.429. The molecular formula is C7H11N3O. The van der Waals surface area contributed by atoms with E-state index in [4.69, 9.17) is 0 Å². The summed E-state index contributed by atoms with van der Waals surface area (Å²) in [5, 5.41) is 2.92. The predicted molar refractivity (Wildman–Crippen MR) is 42.4 cm³/mol. The molecular weight excluding hydrogens is 142 g/mol. The van der Waals surface area contributed by atoms with Crippen LogP contribution < -0.4 is 11.0 Å². The van der Waals surface area contributed by atoms with Crippen LogP contribution in [0.25, 0.3) is 0 Å². The molecule has 0 aliphatic rings. The van der Waals surface area contributed by atoms with Crippen molar-refractivity contribution < 1.29 is 0 Å². The highest BCUT2D eigenvalue weighted by Crippen LogP contribution is 1.91. The number of aromatic nitrogens is 2. The van der Waals surface area contributed by atoms with E-state index in [1.165, 1.54) is 0 Å². The minimum atomic E-state index is -0.282. The van der Waals surface area contributed by atoms with E-state index < -0.39 is 0 Å². The van der Waals surface area contributed by atoms with Gasteiger partial charge in [0, 0.05) is 12.2 Å². The number of hydrogen-bond donors (Lipinski definition) is 2. The van der Waals surface area contributed by atoms with Crippen molar-refractivity contribution in [3.05, 3.63) is 27.9 Å². The van der Waals surface area contributed by atoms with E-state index in [0.29, 0.717) is 6.54 Å². The highest BCUT2D eigenvalue weighted by Gasteiger charge is 1.94. The predicted octanol–water partition coefficient (Wildman–Crippen LogP) is -0.202. The van der Waals surface area contributed by atoms with Crippen molar-refractivity contribution in [2.75, 3.05) is 7.05 Å². The van der Waals surface area contributed by atoms with Gasteiger partial charge in [0.1, 0.15) is 0 Å². The van der Waals surface area contributed by atoms with Gasteiger partial charge in [0.05, 0.1) is 5.69 Å². The molecule has 0 fully saturated rings. The standard InChI is InChI=1S/C7H11N3O/c1-5-3-6(4-8-2)10-7(11)9-5/h3,8H,4H2,1-2H3,(H,9,10,11). The second-order valence-electron chi connectivity index (χ2n) is 2.39. The number of aryl methyl sites for hydroxylation is 1. The second kappa shape index (κ2) is 3.30. The third-order valence-electron chi connectivity index (χ3n) is 1.29. The van der Waals surface area contributed by atoms with Crippen molar-refractivity contribution in [2.45, 2.75) is 13.5 Å². The summed E-state index contributed by atoms with van der Waals surface area (Å²) in [5.74, 6) is 0. The van der Waals surface area contributed by atoms with Crippen LogP contribution in [-0.4, -0.2) is 17.0 Å². The molecule has 0 aromatic carbocycles. The lowest BCUT2D eigenvalue weighted by Gasteiger charge is -1.98. The number of aromatic amines is 1. The van der Waals surface area contributed by atoms with Crippen LogP contribution in [0.3, 0.4) is 0 Å². The average Bonchev–Trinajstić information content (AvgIpc) is 1.85. The first-order chi connectivity index (χ1) is 5.22. The normalized spacial score (nSPS) is 10.0. The first-order valence-electron chi connectivity index (χ1n) is 3.44. The Morgan fingerprint density at radius 2 is 2.45 bits per heavy atom. The Kier molecular flexibility index (Phi) is 2.38. The van der Waals surface area contributed by atoms with Crippen LogP contribution in [0.5, 0.6) is 0 Å². The van der Waals surface area contributed by atoms with Crippen molar-refractivity contribution >= 4 is 0 Å². The Morgan fingerprint density at radius 3 is 3.00 bits per heavy atom. The zero-order valence-corrected chi connectivity index (χ0v) is 6.64. The van der Waals surface area contributed by atoms with Gasteiger partial charge in [0.15, 0.2) is 0 Å². The molecule has 0 saturated heterocycles. The molecule has 0 atom stereocenters. The van der Waals surface area contributed by atoms with Crippen LogP contribution in [0.2, 0.25) is 0 Å². The largest absolute Gasteiger partial charge is 0.345 e. The quantitative estimate of drug-likeness (QED) is 0.618. The maximum Gasteiger partial charge on any atom is 0.345 e. The molecule has 0 spiro atoms. The molecule has 1 aromatic rings. The van der Waals surface area contributed by atoms with Crippen molar-refractivity contribution in [2.24, 2.45) is 0 Å². The van der Waals surface area contributed by atoms with Crippen LogP contribution in [0.15, 0.2) is 10.9 Å². The molecule has 0 radical (unpaired) electrons. The lowest BCUT2D eigenvalue weighted by molar-refractivity contribution is 0.774. The summed E-state index contributed by atoms with van der Waals surface area (Å²) >= 11 is 0. The average molecular weight is 153 g/mol. The lowest BCUT2D eigenvalue weighted by atomic mass is 10.3. The molecule has 1 aromatic heterocycles. The number of nitrogens with zero attached hydrogens (tertiary/aromatic N) is 1. The van der Waals surface area contributed by atoms with Crippen LogP contribution in [0.4, 0.5) is 0 Å². The molecule has 0 unspecified atom stereocenters. The minimum Gasteiger partial charge on any atom is -0.314 e. The van der Waals surface area contributed by atoms with Crippen molar-refractivity contribution in [3.63, 3.8) is 0 Å². The van der Waals surface area contributed by atoms with E-state index >= 15 is 0 Å². The zero-order chi connectivity index (χ0) is 8.27. The van der Waals surface area contributed by atoms with Gasteiger partial charge in [-0.1, -0.05) is 0 Å². The van der Waals surface area contributed by atoms with Gasteiger partial charge in [0.25, 0.3) is 0 Å². The third kappa shape index (κ3) is 2.16. The van der Waals surface area contributed by atoms with Gasteiger partial charge in [-0.3, -0.25) is 0 Å².